The number of nitrogens with one attached hydrogen (secondary N) is 2. The van der Waals surface area contributed by atoms with Crippen LogP contribution in [0.25, 0.3) is 10.9 Å². The molecule has 0 fully saturated rings. The van der Waals surface area contributed by atoms with Crippen LogP contribution in [-0.4, -0.2) is 28.8 Å². The second kappa shape index (κ2) is 13.9. The minimum Gasteiger partial charge on any atom is -0.487 e. The number of nitrogens with zero attached hydrogens (tertiary/aromatic N) is 2. The summed E-state index contributed by atoms with van der Waals surface area (Å²) in [5, 5.41) is 6.93. The quantitative estimate of drug-likeness (QED) is 0.124. The number of hydrogen-bond donors (Lipinski definition) is 3. The Morgan fingerprint density at radius 3 is 2.44 bits per heavy atom. The highest BCUT2D eigenvalue weighted by Gasteiger charge is 2.11. The van der Waals surface area contributed by atoms with Crippen LogP contribution in [-0.2, 0) is 21.5 Å². The van der Waals surface area contributed by atoms with Crippen molar-refractivity contribution in [3.05, 3.63) is 126 Å². The minimum absolute atomic E-state index is 0.0666. The molecule has 220 valence electrons. The molecule has 0 aliphatic carbocycles. The summed E-state index contributed by atoms with van der Waals surface area (Å²) < 4.78 is 48.6. The van der Waals surface area contributed by atoms with Gasteiger partial charge in [-0.1, -0.05) is 60.1 Å². The Hall–Kier alpha value is -4.84. The minimum atomic E-state index is -4.02. The summed E-state index contributed by atoms with van der Waals surface area (Å²) in [7, 11) is -4.02. The molecule has 12 heteroatoms. The van der Waals surface area contributed by atoms with Gasteiger partial charge in [-0.3, -0.25) is 14.7 Å². The maximum Gasteiger partial charge on any atom is 0.294 e. The van der Waals surface area contributed by atoms with E-state index in [4.69, 9.17) is 20.9 Å². The van der Waals surface area contributed by atoms with Crippen LogP contribution >= 0.6 is 11.6 Å². The zero-order valence-corrected chi connectivity index (χ0v) is 24.4. The van der Waals surface area contributed by atoms with Crippen molar-refractivity contribution in [2.75, 3.05) is 10.6 Å². The fourth-order valence-corrected chi connectivity index (χ4v) is 4.43. The van der Waals surface area contributed by atoms with Gasteiger partial charge in [0.25, 0.3) is 10.1 Å². The second-order valence-electron chi connectivity index (χ2n) is 9.08. The van der Waals surface area contributed by atoms with Crippen LogP contribution in [0.4, 0.5) is 21.8 Å². The van der Waals surface area contributed by atoms with Crippen molar-refractivity contribution in [3.63, 3.8) is 0 Å². The van der Waals surface area contributed by atoms with Crippen molar-refractivity contribution < 1.29 is 26.9 Å². The molecule has 1 amide bonds. The Morgan fingerprint density at radius 1 is 1.02 bits per heavy atom. The predicted octanol–water partition coefficient (Wildman–Crippen LogP) is 7.11. The number of hydrogen-bond acceptors (Lipinski definition) is 7. The van der Waals surface area contributed by atoms with Crippen LogP contribution in [0.5, 0.6) is 5.75 Å². The molecule has 0 unspecified atom stereocenters. The number of ether oxygens (including phenoxy) is 1. The van der Waals surface area contributed by atoms with Gasteiger partial charge < -0.3 is 10.1 Å². The van der Waals surface area contributed by atoms with Crippen LogP contribution < -0.4 is 15.4 Å². The molecule has 3 N–H and O–H groups in total. The zero-order chi connectivity index (χ0) is 31.0. The number of carbonyl (C=O) groups is 1. The lowest BCUT2D eigenvalue weighted by molar-refractivity contribution is -0.111. The van der Waals surface area contributed by atoms with Gasteiger partial charge in [-0.05, 0) is 73.2 Å². The van der Waals surface area contributed by atoms with Gasteiger partial charge in [0.05, 0.1) is 15.4 Å². The Kier molecular flexibility index (Phi) is 10.0. The van der Waals surface area contributed by atoms with Gasteiger partial charge in [0.15, 0.2) is 0 Å². The van der Waals surface area contributed by atoms with E-state index >= 15 is 0 Å². The van der Waals surface area contributed by atoms with Crippen molar-refractivity contribution in [2.24, 2.45) is 0 Å². The molecular weight excluding hydrogens is 595 g/mol. The van der Waals surface area contributed by atoms with Crippen molar-refractivity contribution in [3.8, 4) is 5.75 Å². The topological polar surface area (TPSA) is 131 Å². The molecule has 4 aromatic carbocycles. The fraction of sp³-hybridized carbons (Fsp3) is 0.0645. The third-order valence-electron chi connectivity index (χ3n) is 5.82. The lowest BCUT2D eigenvalue weighted by atomic mass is 10.2. The van der Waals surface area contributed by atoms with Gasteiger partial charge in [0.1, 0.15) is 24.0 Å². The second-order valence-corrected chi connectivity index (χ2v) is 10.9. The molecule has 1 heterocycles. The van der Waals surface area contributed by atoms with Crippen molar-refractivity contribution in [1.29, 1.82) is 0 Å². The number of benzene rings is 4. The summed E-state index contributed by atoms with van der Waals surface area (Å²) in [6.45, 7) is 5.47. The van der Waals surface area contributed by atoms with Crippen LogP contribution in [0, 0.1) is 12.7 Å². The third-order valence-corrected chi connectivity index (χ3v) is 6.98. The maximum atomic E-state index is 13.3. The Bertz CT molecular complexity index is 1890. The number of carbonyl (C=O) groups excluding carboxylic acids is 1. The first-order valence-corrected chi connectivity index (χ1v) is 14.5. The standard InChI is InChI=1S/C24H18ClFN4O2.C7H8O3S/c1-2-22(31)29-24-28-20-9-4-3-8-18(20)23(30-24)27-17-10-11-21(19(25)13-17)32-14-15-6-5-7-16(26)12-15;1-6-2-4-7(5-3-6)11(8,9)10/h2-13H,1,14H2,(H2,27,28,29,30,31);2-5H,1H3,(H,8,9,10). The largest absolute Gasteiger partial charge is 0.487 e. The van der Waals surface area contributed by atoms with Gasteiger partial charge in [-0.25, -0.2) is 9.37 Å². The number of para-hydroxylation sites is 1. The van der Waals surface area contributed by atoms with Gasteiger partial charge >= 0.3 is 0 Å². The van der Waals surface area contributed by atoms with E-state index in [2.05, 4.69) is 27.2 Å². The first kappa shape index (κ1) is 31.1. The molecule has 0 spiro atoms. The van der Waals surface area contributed by atoms with Crippen molar-refractivity contribution in [1.82, 2.24) is 9.97 Å². The molecule has 9 nitrogen and oxygen atoms in total. The summed E-state index contributed by atoms with van der Waals surface area (Å²) >= 11 is 6.39. The summed E-state index contributed by atoms with van der Waals surface area (Å²) in [5.41, 5.74) is 2.98. The summed E-state index contributed by atoms with van der Waals surface area (Å²) in [4.78, 5) is 20.4. The Labute approximate surface area is 252 Å². The lowest BCUT2D eigenvalue weighted by Crippen LogP contribution is -2.11. The molecule has 43 heavy (non-hydrogen) atoms. The van der Waals surface area contributed by atoms with E-state index in [-0.39, 0.29) is 23.3 Å². The van der Waals surface area contributed by atoms with E-state index in [0.717, 1.165) is 17.0 Å². The average molecular weight is 621 g/mol. The van der Waals surface area contributed by atoms with E-state index in [9.17, 15) is 17.6 Å². The number of anilines is 3. The smallest absolute Gasteiger partial charge is 0.294 e. The van der Waals surface area contributed by atoms with Gasteiger partial charge in [-0.15, -0.1) is 0 Å². The molecular formula is C31H26ClFN4O5S. The lowest BCUT2D eigenvalue weighted by Gasteiger charge is -2.13. The highest BCUT2D eigenvalue weighted by molar-refractivity contribution is 7.85. The molecule has 5 rings (SSSR count). The van der Waals surface area contributed by atoms with Crippen LogP contribution in [0.1, 0.15) is 11.1 Å². The Balaban J connectivity index is 0.000000324. The fourth-order valence-electron chi connectivity index (χ4n) is 3.72. The number of halogens is 2. The number of aromatic nitrogens is 2. The highest BCUT2D eigenvalue weighted by atomic mass is 35.5. The number of amides is 1. The molecule has 0 saturated carbocycles. The molecule has 0 aliphatic heterocycles. The van der Waals surface area contributed by atoms with E-state index in [1.807, 2.05) is 31.2 Å². The Morgan fingerprint density at radius 2 is 1.77 bits per heavy atom. The van der Waals surface area contributed by atoms with Gasteiger partial charge in [0, 0.05) is 11.1 Å². The summed E-state index contributed by atoms with van der Waals surface area (Å²) in [6, 6.07) is 24.8. The average Bonchev–Trinajstić information content (AvgIpc) is 2.97. The summed E-state index contributed by atoms with van der Waals surface area (Å²) in [5.74, 6) is 0.385. The van der Waals surface area contributed by atoms with Crippen LogP contribution in [0.15, 0.2) is 109 Å². The first-order chi connectivity index (χ1) is 20.5. The van der Waals surface area contributed by atoms with E-state index in [0.29, 0.717) is 33.4 Å². The van der Waals surface area contributed by atoms with E-state index in [1.165, 1.54) is 24.3 Å². The summed E-state index contributed by atoms with van der Waals surface area (Å²) in [6.07, 6.45) is 1.15. The van der Waals surface area contributed by atoms with Crippen LogP contribution in [0.2, 0.25) is 5.02 Å². The number of fused-ring (bicyclic) bond motifs is 1. The van der Waals surface area contributed by atoms with Crippen molar-refractivity contribution in [2.45, 2.75) is 18.4 Å². The van der Waals surface area contributed by atoms with E-state index in [1.54, 1.807) is 42.5 Å². The molecule has 0 aliphatic rings. The predicted molar refractivity (Wildman–Crippen MR) is 165 cm³/mol. The molecule has 1 aromatic heterocycles. The first-order valence-electron chi connectivity index (χ1n) is 12.7. The maximum absolute atomic E-state index is 13.3. The molecule has 0 radical (unpaired) electrons. The number of rotatable bonds is 8. The van der Waals surface area contributed by atoms with E-state index < -0.39 is 16.0 Å². The zero-order valence-electron chi connectivity index (χ0n) is 22.8. The molecule has 5 aromatic rings. The molecule has 0 bridgehead atoms. The van der Waals surface area contributed by atoms with Crippen LogP contribution in [0.3, 0.4) is 0 Å². The number of aryl methyl sites for hydroxylation is 1. The van der Waals surface area contributed by atoms with Gasteiger partial charge in [0.2, 0.25) is 11.9 Å². The van der Waals surface area contributed by atoms with Gasteiger partial charge in [-0.2, -0.15) is 13.4 Å². The molecule has 0 atom stereocenters. The third kappa shape index (κ3) is 8.82. The highest BCUT2D eigenvalue weighted by Crippen LogP contribution is 2.31. The SMILES string of the molecule is C=CC(=O)Nc1nc(Nc2ccc(OCc3cccc(F)c3)c(Cl)c2)c2ccccc2n1.Cc1ccc(S(=O)(=O)O)cc1. The monoisotopic (exact) mass is 620 g/mol. The van der Waals surface area contributed by atoms with Crippen molar-refractivity contribution >= 4 is 56.0 Å². The molecule has 0 saturated heterocycles. The normalized spacial score (nSPS) is 10.8.